The first kappa shape index (κ1) is 23.2. The number of furan rings is 1. The third-order valence-corrected chi connectivity index (χ3v) is 6.04. The molecule has 0 aliphatic heterocycles. The predicted molar refractivity (Wildman–Crippen MR) is 116 cm³/mol. The molecule has 0 saturated heterocycles. The number of rotatable bonds is 10. The van der Waals surface area contributed by atoms with Crippen LogP contribution >= 0.6 is 0 Å². The van der Waals surface area contributed by atoms with Crippen molar-refractivity contribution in [3.8, 4) is 17.2 Å². The fraction of sp³-hybridized carbons (Fsp3) is 0.227. The molecule has 0 aliphatic rings. The fourth-order valence-corrected chi connectivity index (χ4v) is 3.96. The average Bonchev–Trinajstić information content (AvgIpc) is 3.34. The van der Waals surface area contributed by atoms with Crippen molar-refractivity contribution in [3.05, 3.63) is 71.7 Å². The highest BCUT2D eigenvalue weighted by atomic mass is 32.2. The smallest absolute Gasteiger partial charge is 0.251 e. The lowest BCUT2D eigenvalue weighted by molar-refractivity contribution is 0.0950. The van der Waals surface area contributed by atoms with Gasteiger partial charge in [-0.05, 0) is 54.1 Å². The van der Waals surface area contributed by atoms with E-state index < -0.39 is 10.0 Å². The molecular formula is C22H24N2O7S. The second-order valence-electron chi connectivity index (χ2n) is 6.64. The van der Waals surface area contributed by atoms with E-state index in [9.17, 15) is 13.2 Å². The summed E-state index contributed by atoms with van der Waals surface area (Å²) in [6, 6.07) is 12.5. The van der Waals surface area contributed by atoms with Crippen LogP contribution in [0, 0.1) is 0 Å². The van der Waals surface area contributed by atoms with Crippen molar-refractivity contribution < 1.29 is 31.8 Å². The number of ether oxygens (including phenoxy) is 3. The second kappa shape index (κ2) is 10.2. The van der Waals surface area contributed by atoms with Gasteiger partial charge in [-0.15, -0.1) is 0 Å². The van der Waals surface area contributed by atoms with Crippen molar-refractivity contribution in [1.82, 2.24) is 10.0 Å². The molecule has 10 heteroatoms. The molecule has 0 fully saturated rings. The van der Waals surface area contributed by atoms with Gasteiger partial charge in [0.25, 0.3) is 5.91 Å². The van der Waals surface area contributed by atoms with Gasteiger partial charge in [0, 0.05) is 12.1 Å². The first-order valence-electron chi connectivity index (χ1n) is 9.57. The lowest BCUT2D eigenvalue weighted by atomic mass is 10.1. The van der Waals surface area contributed by atoms with Gasteiger partial charge in [-0.2, -0.15) is 0 Å². The lowest BCUT2D eigenvalue weighted by Gasteiger charge is -2.14. The summed E-state index contributed by atoms with van der Waals surface area (Å²) in [5.74, 6) is 1.56. The van der Waals surface area contributed by atoms with E-state index in [0.717, 1.165) is 5.56 Å². The highest BCUT2D eigenvalue weighted by molar-refractivity contribution is 7.89. The average molecular weight is 461 g/mol. The number of carbonyl (C=O) groups excluding carboxylic acids is 1. The van der Waals surface area contributed by atoms with Gasteiger partial charge in [0.05, 0.1) is 39.0 Å². The summed E-state index contributed by atoms with van der Waals surface area (Å²) < 4.78 is 48.3. The molecular weight excluding hydrogens is 436 g/mol. The van der Waals surface area contributed by atoms with Crippen LogP contribution in [0.3, 0.4) is 0 Å². The van der Waals surface area contributed by atoms with Gasteiger partial charge in [0.2, 0.25) is 15.8 Å². The van der Waals surface area contributed by atoms with Crippen molar-refractivity contribution >= 4 is 15.9 Å². The minimum absolute atomic E-state index is 0.0341. The van der Waals surface area contributed by atoms with Crippen molar-refractivity contribution in [3.63, 3.8) is 0 Å². The highest BCUT2D eigenvalue weighted by Gasteiger charge is 2.16. The first-order chi connectivity index (χ1) is 15.4. The van der Waals surface area contributed by atoms with Crippen LogP contribution in [0.25, 0.3) is 0 Å². The number of hydrogen-bond acceptors (Lipinski definition) is 7. The predicted octanol–water partition coefficient (Wildman–Crippen LogP) is 2.71. The Morgan fingerprint density at radius 3 is 2.12 bits per heavy atom. The molecule has 0 radical (unpaired) electrons. The van der Waals surface area contributed by atoms with E-state index in [1.807, 2.05) is 0 Å². The summed E-state index contributed by atoms with van der Waals surface area (Å²) in [5.41, 5.74) is 1.07. The second-order valence-corrected chi connectivity index (χ2v) is 8.41. The largest absolute Gasteiger partial charge is 0.493 e. The van der Waals surface area contributed by atoms with Crippen molar-refractivity contribution in [2.75, 3.05) is 21.3 Å². The number of sulfonamides is 1. The Kier molecular flexibility index (Phi) is 7.39. The van der Waals surface area contributed by atoms with E-state index in [-0.39, 0.29) is 23.9 Å². The monoisotopic (exact) mass is 460 g/mol. The topological polar surface area (TPSA) is 116 Å². The zero-order valence-corrected chi connectivity index (χ0v) is 18.7. The van der Waals surface area contributed by atoms with Crippen molar-refractivity contribution in [1.29, 1.82) is 0 Å². The molecule has 1 aromatic heterocycles. The highest BCUT2D eigenvalue weighted by Crippen LogP contribution is 2.38. The SMILES string of the molecule is COc1cc(CNC(=O)c2ccc(S(=O)(=O)NCc3ccco3)cc2)cc(OC)c1OC. The Balaban J connectivity index is 1.65. The van der Waals surface area contributed by atoms with Crippen LogP contribution < -0.4 is 24.2 Å². The zero-order valence-electron chi connectivity index (χ0n) is 17.9. The number of hydrogen-bond donors (Lipinski definition) is 2. The quantitative estimate of drug-likeness (QED) is 0.478. The molecule has 0 atom stereocenters. The normalized spacial score (nSPS) is 11.1. The number of benzene rings is 2. The number of carbonyl (C=O) groups is 1. The van der Waals surface area contributed by atoms with Crippen molar-refractivity contribution in [2.24, 2.45) is 0 Å². The molecule has 1 amide bonds. The molecule has 0 bridgehead atoms. The van der Waals surface area contributed by atoms with E-state index in [0.29, 0.717) is 28.6 Å². The number of nitrogens with one attached hydrogen (secondary N) is 2. The molecule has 0 unspecified atom stereocenters. The third-order valence-electron chi connectivity index (χ3n) is 4.62. The van der Waals surface area contributed by atoms with E-state index >= 15 is 0 Å². The van der Waals surface area contributed by atoms with Crippen LogP contribution in [0.1, 0.15) is 21.7 Å². The third kappa shape index (κ3) is 5.40. The van der Waals surface area contributed by atoms with E-state index in [1.54, 1.807) is 24.3 Å². The van der Waals surface area contributed by atoms with Crippen LogP contribution in [-0.4, -0.2) is 35.7 Å². The maximum atomic E-state index is 12.5. The van der Waals surface area contributed by atoms with Gasteiger partial charge in [-0.25, -0.2) is 13.1 Å². The van der Waals surface area contributed by atoms with Crippen LogP contribution in [0.5, 0.6) is 17.2 Å². The molecule has 0 aliphatic carbocycles. The molecule has 1 heterocycles. The van der Waals surface area contributed by atoms with E-state index in [1.165, 1.54) is 51.9 Å². The van der Waals surface area contributed by atoms with Crippen LogP contribution in [0.4, 0.5) is 0 Å². The zero-order chi connectivity index (χ0) is 23.1. The Morgan fingerprint density at radius 1 is 0.938 bits per heavy atom. The van der Waals surface area contributed by atoms with Gasteiger partial charge >= 0.3 is 0 Å². The van der Waals surface area contributed by atoms with Gasteiger partial charge in [0.1, 0.15) is 5.76 Å². The van der Waals surface area contributed by atoms with Gasteiger partial charge in [-0.1, -0.05) is 0 Å². The van der Waals surface area contributed by atoms with Crippen molar-refractivity contribution in [2.45, 2.75) is 18.0 Å². The van der Waals surface area contributed by atoms with E-state index in [4.69, 9.17) is 18.6 Å². The van der Waals surface area contributed by atoms with Gasteiger partial charge in [-0.3, -0.25) is 4.79 Å². The summed E-state index contributed by atoms with van der Waals surface area (Å²) in [6.07, 6.45) is 1.47. The first-order valence-corrected chi connectivity index (χ1v) is 11.1. The molecule has 3 rings (SSSR count). The number of amides is 1. The molecule has 170 valence electrons. The Labute approximate surface area is 186 Å². The Hall–Kier alpha value is -3.50. The summed E-state index contributed by atoms with van der Waals surface area (Å²) >= 11 is 0. The maximum absolute atomic E-state index is 12.5. The lowest BCUT2D eigenvalue weighted by Crippen LogP contribution is -2.24. The molecule has 2 aromatic carbocycles. The Morgan fingerprint density at radius 2 is 1.59 bits per heavy atom. The Bertz CT molecular complexity index is 1130. The van der Waals surface area contributed by atoms with Gasteiger partial charge in [0.15, 0.2) is 11.5 Å². The molecule has 2 N–H and O–H groups in total. The minimum atomic E-state index is -3.74. The molecule has 9 nitrogen and oxygen atoms in total. The molecule has 32 heavy (non-hydrogen) atoms. The molecule has 0 saturated carbocycles. The molecule has 3 aromatic rings. The standard InChI is InChI=1S/C22H24N2O7S/c1-28-19-11-15(12-20(29-2)21(19)30-3)13-23-22(25)16-6-8-18(9-7-16)32(26,27)24-14-17-5-4-10-31-17/h4-12,24H,13-14H2,1-3H3,(H,23,25). The summed E-state index contributed by atoms with van der Waals surface area (Å²) in [5, 5.41) is 2.79. The van der Waals surface area contributed by atoms with Crippen LogP contribution in [-0.2, 0) is 23.1 Å². The molecule has 0 spiro atoms. The summed E-state index contributed by atoms with van der Waals surface area (Å²) in [7, 11) is 0.800. The summed E-state index contributed by atoms with van der Waals surface area (Å²) in [6.45, 7) is 0.243. The van der Waals surface area contributed by atoms with Crippen LogP contribution in [0.15, 0.2) is 64.1 Å². The fourth-order valence-electron chi connectivity index (χ4n) is 2.97. The van der Waals surface area contributed by atoms with Gasteiger partial charge < -0.3 is 23.9 Å². The number of methoxy groups -OCH3 is 3. The minimum Gasteiger partial charge on any atom is -0.493 e. The maximum Gasteiger partial charge on any atom is 0.251 e. The summed E-state index contributed by atoms with van der Waals surface area (Å²) in [4.78, 5) is 12.6. The van der Waals surface area contributed by atoms with E-state index in [2.05, 4.69) is 10.0 Å². The van der Waals surface area contributed by atoms with Crippen LogP contribution in [0.2, 0.25) is 0 Å².